The van der Waals surface area contributed by atoms with E-state index in [1.807, 2.05) is 0 Å². The van der Waals surface area contributed by atoms with Gasteiger partial charge in [0.15, 0.2) is 0 Å². The zero-order valence-electron chi connectivity index (χ0n) is 12.2. The molecule has 0 bridgehead atoms. The minimum Gasteiger partial charge on any atom is -0.490 e. The average molecular weight is 313 g/mol. The largest absolute Gasteiger partial charge is 0.490 e. The Hall–Kier alpha value is -1.30. The molecule has 0 spiro atoms. The summed E-state index contributed by atoms with van der Waals surface area (Å²) in [7, 11) is 1.61. The smallest absolute Gasteiger partial charge is 0.244 e. The topological polar surface area (TPSA) is 73.6 Å². The number of methoxy groups -OCH3 is 1. The molecular weight excluding hydrogens is 292 g/mol. The zero-order valence-corrected chi connectivity index (χ0v) is 12.9. The van der Waals surface area contributed by atoms with Crippen LogP contribution in [0.3, 0.4) is 0 Å². The molecule has 1 saturated carbocycles. The van der Waals surface area contributed by atoms with Crippen LogP contribution in [0.2, 0.25) is 5.02 Å². The molecule has 1 aromatic carbocycles. The number of benzene rings is 1. The molecule has 0 aliphatic heterocycles. The highest BCUT2D eigenvalue weighted by Crippen LogP contribution is 2.31. The molecule has 1 fully saturated rings. The van der Waals surface area contributed by atoms with Gasteiger partial charge in [-0.25, -0.2) is 0 Å². The number of nitrogens with two attached hydrogens (primary N) is 1. The van der Waals surface area contributed by atoms with Crippen LogP contribution in [0.4, 0.5) is 5.69 Å². The van der Waals surface area contributed by atoms with Crippen LogP contribution in [0.25, 0.3) is 0 Å². The lowest BCUT2D eigenvalue weighted by atomic mass is 9.98. The number of ether oxygens (including phenoxy) is 2. The van der Waals surface area contributed by atoms with Crippen molar-refractivity contribution in [3.05, 3.63) is 23.2 Å². The summed E-state index contributed by atoms with van der Waals surface area (Å²) in [5.74, 6) is 0.416. The molecule has 0 heterocycles. The van der Waals surface area contributed by atoms with Crippen molar-refractivity contribution in [3.63, 3.8) is 0 Å². The number of carbonyl (C=O) groups excluding carboxylic acids is 1. The summed E-state index contributed by atoms with van der Waals surface area (Å²) in [6.07, 6.45) is 3.45. The number of anilines is 1. The lowest BCUT2D eigenvalue weighted by Gasteiger charge is -2.22. The van der Waals surface area contributed by atoms with Crippen molar-refractivity contribution in [2.45, 2.75) is 31.2 Å². The molecule has 0 atom stereocenters. The lowest BCUT2D eigenvalue weighted by molar-refractivity contribution is -0.121. The van der Waals surface area contributed by atoms with E-state index in [4.69, 9.17) is 26.8 Å². The van der Waals surface area contributed by atoms with Crippen LogP contribution < -0.4 is 15.8 Å². The first kappa shape index (κ1) is 16.1. The standard InChI is InChI=1S/C15H21ClN2O3/c1-20-8-9-21-13-5-4-11(10-12(13)16)18-14(19)15(17)6-2-3-7-15/h4-5,10H,2-3,6-9,17H2,1H3,(H,18,19). The maximum Gasteiger partial charge on any atom is 0.244 e. The Morgan fingerprint density at radius 3 is 2.71 bits per heavy atom. The van der Waals surface area contributed by atoms with E-state index in [1.165, 1.54) is 0 Å². The quantitative estimate of drug-likeness (QED) is 0.792. The van der Waals surface area contributed by atoms with E-state index in [0.29, 0.717) is 29.7 Å². The second-order valence-electron chi connectivity index (χ2n) is 5.30. The van der Waals surface area contributed by atoms with E-state index >= 15 is 0 Å². The first-order valence-electron chi connectivity index (χ1n) is 7.07. The molecule has 0 saturated heterocycles. The summed E-state index contributed by atoms with van der Waals surface area (Å²) in [6, 6.07) is 5.15. The van der Waals surface area contributed by atoms with E-state index in [2.05, 4.69) is 5.32 Å². The lowest BCUT2D eigenvalue weighted by Crippen LogP contribution is -2.48. The van der Waals surface area contributed by atoms with Gasteiger partial charge < -0.3 is 20.5 Å². The monoisotopic (exact) mass is 312 g/mol. The summed E-state index contributed by atoms with van der Waals surface area (Å²) in [6.45, 7) is 0.915. The first-order chi connectivity index (χ1) is 10.0. The van der Waals surface area contributed by atoms with Crippen LogP contribution in [0, 0.1) is 0 Å². The maximum atomic E-state index is 12.2. The van der Waals surface area contributed by atoms with Gasteiger partial charge in [-0.2, -0.15) is 0 Å². The van der Waals surface area contributed by atoms with Crippen molar-refractivity contribution >= 4 is 23.2 Å². The maximum absolute atomic E-state index is 12.2. The molecule has 1 aromatic rings. The summed E-state index contributed by atoms with van der Waals surface area (Å²) >= 11 is 6.14. The summed E-state index contributed by atoms with van der Waals surface area (Å²) in [5, 5.41) is 3.28. The molecule has 0 radical (unpaired) electrons. The van der Waals surface area contributed by atoms with Crippen LogP contribution in [0.1, 0.15) is 25.7 Å². The molecule has 0 unspecified atom stereocenters. The van der Waals surface area contributed by atoms with Crippen LogP contribution >= 0.6 is 11.6 Å². The third kappa shape index (κ3) is 4.09. The number of hydrogen-bond donors (Lipinski definition) is 2. The van der Waals surface area contributed by atoms with Crippen molar-refractivity contribution in [3.8, 4) is 5.75 Å². The van der Waals surface area contributed by atoms with E-state index < -0.39 is 5.54 Å². The molecule has 0 aromatic heterocycles. The van der Waals surface area contributed by atoms with Crippen LogP contribution in [0.15, 0.2) is 18.2 Å². The molecule has 1 aliphatic carbocycles. The van der Waals surface area contributed by atoms with Gasteiger partial charge in [0.05, 0.1) is 17.2 Å². The fraction of sp³-hybridized carbons (Fsp3) is 0.533. The predicted molar refractivity (Wildman–Crippen MR) is 82.8 cm³/mol. The number of rotatable bonds is 6. The summed E-state index contributed by atoms with van der Waals surface area (Å²) < 4.78 is 10.4. The van der Waals surface area contributed by atoms with Gasteiger partial charge in [0.2, 0.25) is 5.91 Å². The second-order valence-corrected chi connectivity index (χ2v) is 5.71. The number of carbonyl (C=O) groups is 1. The van der Waals surface area contributed by atoms with Gasteiger partial charge in [-0.3, -0.25) is 4.79 Å². The highest BCUT2D eigenvalue weighted by atomic mass is 35.5. The second kappa shape index (κ2) is 7.11. The highest BCUT2D eigenvalue weighted by molar-refractivity contribution is 6.32. The molecule has 1 aliphatic rings. The number of nitrogens with one attached hydrogen (secondary N) is 1. The van der Waals surface area contributed by atoms with Crippen molar-refractivity contribution in [1.29, 1.82) is 0 Å². The van der Waals surface area contributed by atoms with Gasteiger partial charge in [0.25, 0.3) is 0 Å². The van der Waals surface area contributed by atoms with E-state index in [-0.39, 0.29) is 5.91 Å². The van der Waals surface area contributed by atoms with E-state index in [1.54, 1.807) is 25.3 Å². The van der Waals surface area contributed by atoms with Gasteiger partial charge in [-0.1, -0.05) is 24.4 Å². The zero-order chi connectivity index (χ0) is 15.3. The Balaban J connectivity index is 1.98. The van der Waals surface area contributed by atoms with Crippen LogP contribution in [-0.4, -0.2) is 31.8 Å². The minimum atomic E-state index is -0.750. The van der Waals surface area contributed by atoms with Gasteiger partial charge in [0.1, 0.15) is 12.4 Å². The Labute approximate surface area is 129 Å². The van der Waals surface area contributed by atoms with E-state index in [0.717, 1.165) is 25.7 Å². The Morgan fingerprint density at radius 2 is 2.10 bits per heavy atom. The molecule has 5 nitrogen and oxygen atoms in total. The van der Waals surface area contributed by atoms with Crippen molar-refractivity contribution in [2.24, 2.45) is 5.73 Å². The summed E-state index contributed by atoms with van der Waals surface area (Å²) in [5.41, 5.74) is 5.99. The minimum absolute atomic E-state index is 0.149. The van der Waals surface area contributed by atoms with Crippen molar-refractivity contribution < 1.29 is 14.3 Å². The number of amides is 1. The van der Waals surface area contributed by atoms with Gasteiger partial charge in [0, 0.05) is 12.8 Å². The van der Waals surface area contributed by atoms with Crippen LogP contribution in [0.5, 0.6) is 5.75 Å². The molecular formula is C15H21ClN2O3. The molecule has 3 N–H and O–H groups in total. The Bertz CT molecular complexity index is 502. The van der Waals surface area contributed by atoms with Gasteiger partial charge in [-0.15, -0.1) is 0 Å². The average Bonchev–Trinajstić information content (AvgIpc) is 2.90. The van der Waals surface area contributed by atoms with Crippen LogP contribution in [-0.2, 0) is 9.53 Å². The third-order valence-electron chi connectivity index (χ3n) is 3.68. The fourth-order valence-corrected chi connectivity index (χ4v) is 2.65. The predicted octanol–water partition coefficient (Wildman–Crippen LogP) is 2.58. The third-order valence-corrected chi connectivity index (χ3v) is 3.98. The Kier molecular flexibility index (Phi) is 5.45. The molecule has 2 rings (SSSR count). The number of hydrogen-bond acceptors (Lipinski definition) is 4. The first-order valence-corrected chi connectivity index (χ1v) is 7.44. The van der Waals surface area contributed by atoms with Crippen molar-refractivity contribution in [2.75, 3.05) is 25.6 Å². The molecule has 1 amide bonds. The molecule has 21 heavy (non-hydrogen) atoms. The number of halogens is 1. The van der Waals surface area contributed by atoms with E-state index in [9.17, 15) is 4.79 Å². The Morgan fingerprint density at radius 1 is 1.38 bits per heavy atom. The van der Waals surface area contributed by atoms with Gasteiger partial charge >= 0.3 is 0 Å². The molecule has 116 valence electrons. The SMILES string of the molecule is COCCOc1ccc(NC(=O)C2(N)CCCC2)cc1Cl. The highest BCUT2D eigenvalue weighted by Gasteiger charge is 2.36. The normalized spacial score (nSPS) is 16.7. The van der Waals surface area contributed by atoms with Crippen molar-refractivity contribution in [1.82, 2.24) is 0 Å². The molecule has 6 heteroatoms. The summed E-state index contributed by atoms with van der Waals surface area (Å²) in [4.78, 5) is 12.2. The fourth-order valence-electron chi connectivity index (χ4n) is 2.42. The van der Waals surface area contributed by atoms with Gasteiger partial charge in [-0.05, 0) is 31.0 Å².